The summed E-state index contributed by atoms with van der Waals surface area (Å²) in [4.78, 5) is 25.5. The number of aromatic nitrogens is 2. The number of amides is 1. The van der Waals surface area contributed by atoms with Gasteiger partial charge in [0, 0.05) is 43.6 Å². The average molecular weight is 471 g/mol. The first-order chi connectivity index (χ1) is 16.2. The van der Waals surface area contributed by atoms with E-state index in [0.717, 1.165) is 28.8 Å². The molecule has 0 bridgehead atoms. The molecule has 7 nitrogen and oxygen atoms in total. The summed E-state index contributed by atoms with van der Waals surface area (Å²) in [6.07, 6.45) is -4.87. The van der Waals surface area contributed by atoms with Gasteiger partial charge in [-0.05, 0) is 38.1 Å². The number of carbonyl (C=O) groups is 1. The number of anilines is 3. The van der Waals surface area contributed by atoms with Gasteiger partial charge in [0.15, 0.2) is 0 Å². The maximum absolute atomic E-state index is 12.9. The lowest BCUT2D eigenvalue weighted by molar-refractivity contribution is -0.274. The number of ether oxygens (including phenoxy) is 1. The van der Waals surface area contributed by atoms with Gasteiger partial charge in [-0.25, -0.2) is 4.98 Å². The third-order valence-corrected chi connectivity index (χ3v) is 5.38. The lowest BCUT2D eigenvalue weighted by Crippen LogP contribution is -2.49. The number of piperazine rings is 1. The fourth-order valence-electron chi connectivity index (χ4n) is 3.70. The number of aryl methyl sites for hydroxylation is 2. The maximum Gasteiger partial charge on any atom is 0.573 e. The van der Waals surface area contributed by atoms with Crippen molar-refractivity contribution in [3.63, 3.8) is 0 Å². The predicted molar refractivity (Wildman–Crippen MR) is 122 cm³/mol. The van der Waals surface area contributed by atoms with E-state index in [9.17, 15) is 18.0 Å². The Labute approximate surface area is 195 Å². The van der Waals surface area contributed by atoms with E-state index in [1.807, 2.05) is 49.1 Å². The summed E-state index contributed by atoms with van der Waals surface area (Å²) in [6, 6.07) is 15.1. The summed E-state index contributed by atoms with van der Waals surface area (Å²) in [6.45, 7) is 5.52. The molecule has 2 aromatic carbocycles. The molecule has 0 unspecified atom stereocenters. The molecule has 1 aliphatic heterocycles. The number of hydrogen-bond donors (Lipinski definition) is 1. The summed E-state index contributed by atoms with van der Waals surface area (Å²) in [5.74, 6) is 0.186. The molecule has 0 aliphatic carbocycles. The van der Waals surface area contributed by atoms with Gasteiger partial charge in [-0.1, -0.05) is 29.8 Å². The van der Waals surface area contributed by atoms with Crippen molar-refractivity contribution in [1.82, 2.24) is 14.9 Å². The van der Waals surface area contributed by atoms with E-state index in [0.29, 0.717) is 32.1 Å². The Bertz CT molecular complexity index is 1160. The smallest absolute Gasteiger partial charge is 0.405 e. The Balaban J connectivity index is 1.44. The molecule has 1 saturated heterocycles. The Morgan fingerprint density at radius 2 is 1.65 bits per heavy atom. The van der Waals surface area contributed by atoms with Crippen molar-refractivity contribution < 1.29 is 22.7 Å². The molecule has 1 aliphatic rings. The Morgan fingerprint density at radius 3 is 2.32 bits per heavy atom. The summed E-state index contributed by atoms with van der Waals surface area (Å²) in [5, 5.41) is 3.21. The van der Waals surface area contributed by atoms with Gasteiger partial charge in [-0.3, -0.25) is 4.79 Å². The lowest BCUT2D eigenvalue weighted by Gasteiger charge is -2.35. The number of hydrogen-bond acceptors (Lipinski definition) is 6. The van der Waals surface area contributed by atoms with Crippen LogP contribution in [0.1, 0.15) is 21.6 Å². The van der Waals surface area contributed by atoms with Crippen LogP contribution in [0.5, 0.6) is 5.75 Å². The summed E-state index contributed by atoms with van der Waals surface area (Å²) in [5.41, 5.74) is 2.70. The monoisotopic (exact) mass is 471 g/mol. The Kier molecular flexibility index (Phi) is 6.58. The minimum Gasteiger partial charge on any atom is -0.405 e. The molecule has 0 atom stereocenters. The van der Waals surface area contributed by atoms with Gasteiger partial charge in [0.25, 0.3) is 5.91 Å². The molecule has 1 N–H and O–H groups in total. The van der Waals surface area contributed by atoms with E-state index in [-0.39, 0.29) is 5.56 Å². The molecule has 0 saturated carbocycles. The topological polar surface area (TPSA) is 70.6 Å². The number of alkyl halides is 3. The SMILES string of the molecule is Cc1ccc(Nc2nc(C)cc(N3CCN(C(=O)c4ccccc4OC(F)(F)F)CC3)n2)cc1. The van der Waals surface area contributed by atoms with Gasteiger partial charge in [-0.15, -0.1) is 13.2 Å². The minimum atomic E-state index is -4.87. The highest BCUT2D eigenvalue weighted by Crippen LogP contribution is 2.28. The summed E-state index contributed by atoms with van der Waals surface area (Å²) >= 11 is 0. The fourth-order valence-corrected chi connectivity index (χ4v) is 3.70. The van der Waals surface area contributed by atoms with E-state index >= 15 is 0 Å². The molecule has 0 spiro atoms. The van der Waals surface area contributed by atoms with Crippen LogP contribution in [0.25, 0.3) is 0 Å². The van der Waals surface area contributed by atoms with Crippen LogP contribution in [-0.2, 0) is 0 Å². The molecule has 1 aromatic heterocycles. The van der Waals surface area contributed by atoms with Gasteiger partial charge in [-0.2, -0.15) is 4.98 Å². The average Bonchev–Trinajstić information content (AvgIpc) is 2.79. The quantitative estimate of drug-likeness (QED) is 0.582. The minimum absolute atomic E-state index is 0.115. The van der Waals surface area contributed by atoms with E-state index in [1.165, 1.54) is 23.1 Å². The fraction of sp³-hybridized carbons (Fsp3) is 0.292. The number of nitrogens with zero attached hydrogens (tertiary/aromatic N) is 4. The molecule has 1 fully saturated rings. The van der Waals surface area contributed by atoms with E-state index in [4.69, 9.17) is 0 Å². The van der Waals surface area contributed by atoms with Crippen LogP contribution in [0, 0.1) is 13.8 Å². The van der Waals surface area contributed by atoms with Gasteiger partial charge >= 0.3 is 6.36 Å². The van der Waals surface area contributed by atoms with Gasteiger partial charge in [0.05, 0.1) is 5.56 Å². The normalized spacial score (nSPS) is 14.1. The Hall–Kier alpha value is -3.82. The first-order valence-electron chi connectivity index (χ1n) is 10.8. The van der Waals surface area contributed by atoms with Gasteiger partial charge in [0.1, 0.15) is 11.6 Å². The molecular formula is C24H24F3N5O2. The van der Waals surface area contributed by atoms with Crippen LogP contribution < -0.4 is 15.0 Å². The molecule has 34 heavy (non-hydrogen) atoms. The van der Waals surface area contributed by atoms with Crippen molar-refractivity contribution in [2.45, 2.75) is 20.2 Å². The Morgan fingerprint density at radius 1 is 0.971 bits per heavy atom. The van der Waals surface area contributed by atoms with E-state index in [1.54, 1.807) is 0 Å². The third-order valence-electron chi connectivity index (χ3n) is 5.38. The van der Waals surface area contributed by atoms with Crippen LogP contribution in [-0.4, -0.2) is 53.3 Å². The van der Waals surface area contributed by atoms with E-state index < -0.39 is 18.0 Å². The van der Waals surface area contributed by atoms with Crippen molar-refractivity contribution in [1.29, 1.82) is 0 Å². The number of carbonyl (C=O) groups excluding carboxylic acids is 1. The van der Waals surface area contributed by atoms with Crippen LogP contribution in [0.3, 0.4) is 0 Å². The second-order valence-electron chi connectivity index (χ2n) is 8.01. The highest BCUT2D eigenvalue weighted by atomic mass is 19.4. The maximum atomic E-state index is 12.9. The highest BCUT2D eigenvalue weighted by molar-refractivity contribution is 5.97. The molecular weight excluding hydrogens is 447 g/mol. The van der Waals surface area contributed by atoms with Crippen LogP contribution in [0.2, 0.25) is 0 Å². The van der Waals surface area contributed by atoms with Gasteiger partial charge in [0.2, 0.25) is 5.95 Å². The number of nitrogens with one attached hydrogen (secondary N) is 1. The zero-order chi connectivity index (χ0) is 24.3. The summed E-state index contributed by atoms with van der Waals surface area (Å²) in [7, 11) is 0. The van der Waals surface area contributed by atoms with Crippen LogP contribution in [0.4, 0.5) is 30.6 Å². The van der Waals surface area contributed by atoms with Crippen molar-refractivity contribution in [2.75, 3.05) is 36.4 Å². The van der Waals surface area contributed by atoms with Crippen molar-refractivity contribution in [3.8, 4) is 5.75 Å². The standard InChI is InChI=1S/C24H24F3N5O2/c1-16-7-9-18(10-8-16)29-23-28-17(2)15-21(30-23)31-11-13-32(14-12-31)22(33)19-5-3-4-6-20(19)34-24(25,26)27/h3-10,15H,11-14H2,1-2H3,(H,28,29,30). The summed E-state index contributed by atoms with van der Waals surface area (Å²) < 4.78 is 42.2. The van der Waals surface area contributed by atoms with Crippen molar-refractivity contribution >= 4 is 23.4 Å². The lowest BCUT2D eigenvalue weighted by atomic mass is 10.1. The molecule has 0 radical (unpaired) electrons. The number of benzene rings is 2. The zero-order valence-electron chi connectivity index (χ0n) is 18.8. The molecule has 2 heterocycles. The van der Waals surface area contributed by atoms with Crippen molar-refractivity contribution in [2.24, 2.45) is 0 Å². The predicted octanol–water partition coefficient (Wildman–Crippen LogP) is 4.70. The third kappa shape index (κ3) is 5.75. The second kappa shape index (κ2) is 9.58. The van der Waals surface area contributed by atoms with Gasteiger partial charge < -0.3 is 19.9 Å². The molecule has 3 aromatic rings. The van der Waals surface area contributed by atoms with Crippen molar-refractivity contribution in [3.05, 3.63) is 71.4 Å². The first-order valence-corrected chi connectivity index (χ1v) is 10.8. The second-order valence-corrected chi connectivity index (χ2v) is 8.01. The molecule has 178 valence electrons. The molecule has 4 rings (SSSR count). The molecule has 1 amide bonds. The number of rotatable bonds is 5. The van der Waals surface area contributed by atoms with Crippen LogP contribution in [0.15, 0.2) is 54.6 Å². The number of halogens is 3. The largest absolute Gasteiger partial charge is 0.573 e. The van der Waals surface area contributed by atoms with Crippen LogP contribution >= 0.6 is 0 Å². The highest BCUT2D eigenvalue weighted by Gasteiger charge is 2.34. The van der Waals surface area contributed by atoms with E-state index in [2.05, 4.69) is 20.0 Å². The zero-order valence-corrected chi connectivity index (χ0v) is 18.8. The first kappa shape index (κ1) is 23.3. The molecule has 10 heteroatoms. The number of para-hydroxylation sites is 1.